The molecule has 100 valence electrons. The third-order valence-electron chi connectivity index (χ3n) is 3.15. The minimum atomic E-state index is -1.06. The maximum atomic E-state index is 11.9. The monoisotopic (exact) mass is 243 g/mol. The Hall–Kier alpha value is -1.06. The van der Waals surface area contributed by atoms with E-state index in [1.54, 1.807) is 4.90 Å². The highest BCUT2D eigenvalue weighted by Crippen LogP contribution is 2.19. The molecular weight excluding hydrogens is 218 g/mol. The second-order valence-corrected chi connectivity index (χ2v) is 4.97. The highest BCUT2D eigenvalue weighted by molar-refractivity contribution is 5.93. The zero-order valence-corrected chi connectivity index (χ0v) is 11.6. The lowest BCUT2D eigenvalue weighted by Gasteiger charge is -2.36. The van der Waals surface area contributed by atoms with Crippen molar-refractivity contribution in [1.82, 2.24) is 4.90 Å². The van der Waals surface area contributed by atoms with Crippen molar-refractivity contribution in [2.75, 3.05) is 0 Å². The Morgan fingerprint density at radius 2 is 1.71 bits per heavy atom. The van der Waals surface area contributed by atoms with E-state index >= 15 is 0 Å². The van der Waals surface area contributed by atoms with Gasteiger partial charge in [-0.25, -0.2) is 0 Å². The first-order chi connectivity index (χ1) is 7.81. The van der Waals surface area contributed by atoms with E-state index in [0.717, 1.165) is 12.8 Å². The summed E-state index contributed by atoms with van der Waals surface area (Å²) in [4.78, 5) is 24.2. The smallest absolute Gasteiger partial charge is 0.312 e. The predicted octanol–water partition coefficient (Wildman–Crippen LogP) is 2.52. The molecule has 0 aromatic rings. The van der Waals surface area contributed by atoms with Crippen LogP contribution in [0.15, 0.2) is 0 Å². The van der Waals surface area contributed by atoms with E-state index in [-0.39, 0.29) is 18.0 Å². The molecule has 0 aliphatic rings. The first-order valence-corrected chi connectivity index (χ1v) is 6.34. The van der Waals surface area contributed by atoms with E-state index in [4.69, 9.17) is 5.11 Å². The van der Waals surface area contributed by atoms with Crippen molar-refractivity contribution in [3.8, 4) is 0 Å². The molecule has 4 heteroatoms. The lowest BCUT2D eigenvalue weighted by molar-refractivity contribution is -0.146. The Bertz CT molecular complexity index is 263. The summed E-state index contributed by atoms with van der Waals surface area (Å²) >= 11 is 0. The van der Waals surface area contributed by atoms with Gasteiger partial charge in [0.1, 0.15) is 6.42 Å². The molecule has 0 saturated carbocycles. The number of carbonyl (C=O) groups is 2. The summed E-state index contributed by atoms with van der Waals surface area (Å²) in [6.07, 6.45) is 1.71. The fourth-order valence-electron chi connectivity index (χ4n) is 2.18. The van der Waals surface area contributed by atoms with Gasteiger partial charge in [0.05, 0.1) is 0 Å². The van der Waals surface area contributed by atoms with Gasteiger partial charge in [0.2, 0.25) is 5.91 Å². The number of nitrogens with zero attached hydrogens (tertiary/aromatic N) is 1. The van der Waals surface area contributed by atoms with Crippen molar-refractivity contribution in [3.63, 3.8) is 0 Å². The van der Waals surface area contributed by atoms with Crippen LogP contribution >= 0.6 is 0 Å². The summed E-state index contributed by atoms with van der Waals surface area (Å²) in [6.45, 7) is 10.1. The molecule has 0 fully saturated rings. The van der Waals surface area contributed by atoms with Gasteiger partial charge in [-0.1, -0.05) is 20.3 Å². The second kappa shape index (κ2) is 7.30. The van der Waals surface area contributed by atoms with Crippen molar-refractivity contribution in [1.29, 1.82) is 0 Å². The van der Waals surface area contributed by atoms with Gasteiger partial charge in [-0.2, -0.15) is 0 Å². The summed E-state index contributed by atoms with van der Waals surface area (Å²) in [5, 5.41) is 8.69. The van der Waals surface area contributed by atoms with Crippen LogP contribution in [0.5, 0.6) is 0 Å². The van der Waals surface area contributed by atoms with E-state index in [0.29, 0.717) is 5.92 Å². The first kappa shape index (κ1) is 15.9. The van der Waals surface area contributed by atoms with E-state index in [1.807, 2.05) is 20.8 Å². The lowest BCUT2D eigenvalue weighted by atomic mass is 9.95. The van der Waals surface area contributed by atoms with Crippen LogP contribution in [0.3, 0.4) is 0 Å². The highest BCUT2D eigenvalue weighted by Gasteiger charge is 2.27. The van der Waals surface area contributed by atoms with Crippen LogP contribution in [0.25, 0.3) is 0 Å². The highest BCUT2D eigenvalue weighted by atomic mass is 16.4. The third kappa shape index (κ3) is 5.20. The summed E-state index contributed by atoms with van der Waals surface area (Å²) in [5.41, 5.74) is 0. The molecule has 0 heterocycles. The van der Waals surface area contributed by atoms with Gasteiger partial charge in [0.25, 0.3) is 0 Å². The molecule has 2 atom stereocenters. The van der Waals surface area contributed by atoms with Gasteiger partial charge in [0.15, 0.2) is 0 Å². The van der Waals surface area contributed by atoms with Gasteiger partial charge in [-0.05, 0) is 33.1 Å². The average Bonchev–Trinajstić information content (AvgIpc) is 2.15. The Morgan fingerprint density at radius 3 is 2.06 bits per heavy atom. The number of amides is 1. The van der Waals surface area contributed by atoms with Crippen molar-refractivity contribution in [2.45, 2.75) is 66.0 Å². The van der Waals surface area contributed by atoms with Crippen LogP contribution in [-0.2, 0) is 9.59 Å². The van der Waals surface area contributed by atoms with Crippen molar-refractivity contribution in [2.24, 2.45) is 5.92 Å². The maximum absolute atomic E-state index is 11.9. The van der Waals surface area contributed by atoms with Crippen LogP contribution in [0.1, 0.15) is 53.9 Å². The fourth-order valence-corrected chi connectivity index (χ4v) is 2.18. The van der Waals surface area contributed by atoms with Crippen LogP contribution in [0.2, 0.25) is 0 Å². The van der Waals surface area contributed by atoms with E-state index in [2.05, 4.69) is 13.8 Å². The topological polar surface area (TPSA) is 57.6 Å². The normalized spacial score (nSPS) is 14.5. The number of hydrogen-bond donors (Lipinski definition) is 1. The van der Waals surface area contributed by atoms with Gasteiger partial charge in [-0.15, -0.1) is 0 Å². The van der Waals surface area contributed by atoms with Crippen molar-refractivity contribution >= 4 is 11.9 Å². The van der Waals surface area contributed by atoms with Gasteiger partial charge < -0.3 is 10.0 Å². The SMILES string of the molecule is CCC[C@H](C)[C@@H](C)N(C(=O)CC(=O)O)C(C)C. The Balaban J connectivity index is 4.72. The van der Waals surface area contributed by atoms with E-state index in [1.165, 1.54) is 0 Å². The molecule has 0 unspecified atom stereocenters. The fraction of sp³-hybridized carbons (Fsp3) is 0.846. The molecule has 0 aliphatic heterocycles. The number of carboxylic acids is 1. The molecule has 4 nitrogen and oxygen atoms in total. The summed E-state index contributed by atoms with van der Waals surface area (Å²) < 4.78 is 0. The quantitative estimate of drug-likeness (QED) is 0.699. The Morgan fingerprint density at radius 1 is 1.18 bits per heavy atom. The second-order valence-electron chi connectivity index (χ2n) is 4.97. The molecule has 0 aliphatic carbocycles. The largest absolute Gasteiger partial charge is 0.481 e. The van der Waals surface area contributed by atoms with Gasteiger partial charge >= 0.3 is 5.97 Å². The molecular formula is C13H25NO3. The minimum absolute atomic E-state index is 0.0381. The molecule has 17 heavy (non-hydrogen) atoms. The van der Waals surface area contributed by atoms with Gasteiger partial charge in [0, 0.05) is 12.1 Å². The Labute approximate surface area is 104 Å². The van der Waals surface area contributed by atoms with Gasteiger partial charge in [-0.3, -0.25) is 9.59 Å². The number of rotatable bonds is 7. The maximum Gasteiger partial charge on any atom is 0.312 e. The molecule has 0 bridgehead atoms. The molecule has 0 spiro atoms. The molecule has 0 aromatic heterocycles. The van der Waals surface area contributed by atoms with Crippen LogP contribution in [0.4, 0.5) is 0 Å². The number of aliphatic carboxylic acids is 1. The van der Waals surface area contributed by atoms with Crippen molar-refractivity contribution < 1.29 is 14.7 Å². The van der Waals surface area contributed by atoms with Crippen molar-refractivity contribution in [3.05, 3.63) is 0 Å². The number of carbonyl (C=O) groups excluding carboxylic acids is 1. The Kier molecular flexibility index (Phi) is 6.85. The molecule has 1 N–H and O–H groups in total. The van der Waals surface area contributed by atoms with E-state index in [9.17, 15) is 9.59 Å². The number of carboxylic acid groups (broad SMARTS) is 1. The zero-order chi connectivity index (χ0) is 13.6. The average molecular weight is 243 g/mol. The molecule has 1 amide bonds. The summed E-state index contributed by atoms with van der Waals surface area (Å²) in [6, 6.07) is 0.123. The summed E-state index contributed by atoms with van der Waals surface area (Å²) in [7, 11) is 0. The summed E-state index contributed by atoms with van der Waals surface area (Å²) in [5.74, 6) is -0.959. The molecule has 0 saturated heterocycles. The first-order valence-electron chi connectivity index (χ1n) is 6.34. The molecule has 0 rings (SSSR count). The third-order valence-corrected chi connectivity index (χ3v) is 3.15. The van der Waals surface area contributed by atoms with Crippen LogP contribution < -0.4 is 0 Å². The lowest BCUT2D eigenvalue weighted by Crippen LogP contribution is -2.46. The number of hydrogen-bond acceptors (Lipinski definition) is 2. The predicted molar refractivity (Wildman–Crippen MR) is 67.8 cm³/mol. The zero-order valence-electron chi connectivity index (χ0n) is 11.6. The minimum Gasteiger partial charge on any atom is -0.481 e. The van der Waals surface area contributed by atoms with E-state index < -0.39 is 12.4 Å². The molecule has 0 aromatic carbocycles. The van der Waals surface area contributed by atoms with Crippen LogP contribution in [-0.4, -0.2) is 34.0 Å². The van der Waals surface area contributed by atoms with Crippen LogP contribution in [0, 0.1) is 5.92 Å². The molecule has 0 radical (unpaired) electrons. The standard InChI is InChI=1S/C13H25NO3/c1-6-7-10(4)11(5)14(9(2)3)12(15)8-13(16)17/h9-11H,6-8H2,1-5H3,(H,16,17)/t10-,11+/m0/s1.